The van der Waals surface area contributed by atoms with E-state index in [0.717, 1.165) is 0 Å². The number of carbonyl (C=O) groups is 1. The Bertz CT molecular complexity index is 562. The molecular weight excluding hydrogens is 280 g/mol. The molecule has 1 aliphatic heterocycles. The van der Waals surface area contributed by atoms with E-state index >= 15 is 0 Å². The molecule has 0 spiro atoms. The molecule has 1 atom stereocenters. The predicted octanol–water partition coefficient (Wildman–Crippen LogP) is 0.936. The molecule has 0 radical (unpaired) electrons. The Morgan fingerprint density at radius 3 is 2.86 bits per heavy atom. The number of nitro groups is 1. The Labute approximate surface area is 121 Å². The fraction of sp³-hybridized carbons (Fsp3) is 0.667. The second-order valence-corrected chi connectivity index (χ2v) is 5.09. The third kappa shape index (κ3) is 2.68. The van der Waals surface area contributed by atoms with Crippen LogP contribution in [0.2, 0.25) is 0 Å². The third-order valence-electron chi connectivity index (χ3n) is 3.55. The van der Waals surface area contributed by atoms with Gasteiger partial charge in [0, 0.05) is 20.1 Å². The summed E-state index contributed by atoms with van der Waals surface area (Å²) in [6.45, 7) is 2.16. The van der Waals surface area contributed by atoms with Crippen LogP contribution in [-0.2, 0) is 23.0 Å². The van der Waals surface area contributed by atoms with Crippen LogP contribution >= 0.6 is 0 Å². The van der Waals surface area contributed by atoms with E-state index < -0.39 is 16.4 Å². The summed E-state index contributed by atoms with van der Waals surface area (Å²) < 4.78 is 6.47. The number of aliphatic carboxylic acids is 1. The van der Waals surface area contributed by atoms with Gasteiger partial charge >= 0.3 is 11.7 Å². The number of aromatic nitrogens is 2. The first kappa shape index (κ1) is 15.2. The molecule has 1 aliphatic rings. The fourth-order valence-corrected chi connectivity index (χ4v) is 2.42. The SMILES string of the molecule is CCCc1nn(C)c(NC2(C(=O)O)CCOC2)c1[N+](=O)[O-]. The fourth-order valence-electron chi connectivity index (χ4n) is 2.42. The Balaban J connectivity index is 2.43. The van der Waals surface area contributed by atoms with E-state index in [-0.39, 0.29) is 24.5 Å². The van der Waals surface area contributed by atoms with E-state index in [0.29, 0.717) is 25.1 Å². The zero-order valence-electron chi connectivity index (χ0n) is 12.0. The van der Waals surface area contributed by atoms with Crippen LogP contribution in [0.15, 0.2) is 0 Å². The summed E-state index contributed by atoms with van der Waals surface area (Å²) in [6.07, 6.45) is 1.42. The normalized spacial score (nSPS) is 21.4. The summed E-state index contributed by atoms with van der Waals surface area (Å²) in [5, 5.41) is 27.6. The van der Waals surface area contributed by atoms with Crippen LogP contribution in [0.5, 0.6) is 0 Å². The summed E-state index contributed by atoms with van der Waals surface area (Å²) in [6, 6.07) is 0. The first-order valence-corrected chi connectivity index (χ1v) is 6.71. The van der Waals surface area contributed by atoms with Gasteiger partial charge in [-0.2, -0.15) is 5.10 Å². The number of anilines is 1. The molecule has 9 heteroatoms. The van der Waals surface area contributed by atoms with Gasteiger partial charge in [-0.05, 0) is 6.42 Å². The smallest absolute Gasteiger partial charge is 0.334 e. The summed E-state index contributed by atoms with van der Waals surface area (Å²) in [7, 11) is 1.56. The van der Waals surface area contributed by atoms with Crippen molar-refractivity contribution in [1.29, 1.82) is 0 Å². The van der Waals surface area contributed by atoms with Crippen molar-refractivity contribution in [2.45, 2.75) is 31.7 Å². The number of nitrogens with one attached hydrogen (secondary N) is 1. The number of hydrogen-bond acceptors (Lipinski definition) is 6. The lowest BCUT2D eigenvalue weighted by molar-refractivity contribution is -0.384. The van der Waals surface area contributed by atoms with E-state index in [9.17, 15) is 20.0 Å². The van der Waals surface area contributed by atoms with Crippen molar-refractivity contribution in [1.82, 2.24) is 9.78 Å². The standard InChI is InChI=1S/C12H18N4O5/c1-3-4-8-9(16(19)20)10(15(2)14-8)13-12(11(17)18)5-6-21-7-12/h13H,3-7H2,1-2H3,(H,17,18). The summed E-state index contributed by atoms with van der Waals surface area (Å²) >= 11 is 0. The average Bonchev–Trinajstić information content (AvgIpc) is 2.97. The largest absolute Gasteiger partial charge is 0.479 e. The molecule has 0 amide bonds. The summed E-state index contributed by atoms with van der Waals surface area (Å²) in [5.74, 6) is -0.983. The van der Waals surface area contributed by atoms with Crippen LogP contribution < -0.4 is 5.32 Å². The molecule has 2 N–H and O–H groups in total. The van der Waals surface area contributed by atoms with Gasteiger partial charge in [-0.25, -0.2) is 9.48 Å². The van der Waals surface area contributed by atoms with Crippen LogP contribution in [-0.4, -0.2) is 44.5 Å². The number of aryl methyl sites for hydroxylation is 2. The van der Waals surface area contributed by atoms with Gasteiger partial charge in [-0.3, -0.25) is 10.1 Å². The molecule has 1 aromatic heterocycles. The molecule has 0 aromatic carbocycles. The number of ether oxygens (including phenoxy) is 1. The maximum Gasteiger partial charge on any atom is 0.334 e. The van der Waals surface area contributed by atoms with Crippen LogP contribution in [0.4, 0.5) is 11.5 Å². The highest BCUT2D eigenvalue weighted by atomic mass is 16.6. The van der Waals surface area contributed by atoms with Gasteiger partial charge in [-0.1, -0.05) is 13.3 Å². The van der Waals surface area contributed by atoms with Crippen LogP contribution in [0.3, 0.4) is 0 Å². The topological polar surface area (TPSA) is 120 Å². The van der Waals surface area contributed by atoms with Crippen LogP contribution in [0, 0.1) is 10.1 Å². The van der Waals surface area contributed by atoms with Crippen molar-refractivity contribution in [3.8, 4) is 0 Å². The van der Waals surface area contributed by atoms with Gasteiger partial charge in [-0.15, -0.1) is 0 Å². The van der Waals surface area contributed by atoms with Crippen LogP contribution in [0.1, 0.15) is 25.5 Å². The minimum atomic E-state index is -1.35. The van der Waals surface area contributed by atoms with Crippen molar-refractivity contribution in [3.05, 3.63) is 15.8 Å². The molecule has 0 saturated carbocycles. The van der Waals surface area contributed by atoms with E-state index in [1.807, 2.05) is 6.92 Å². The second kappa shape index (κ2) is 5.68. The molecule has 2 heterocycles. The third-order valence-corrected chi connectivity index (χ3v) is 3.55. The lowest BCUT2D eigenvalue weighted by Gasteiger charge is -2.24. The number of hydrogen-bond donors (Lipinski definition) is 2. The van der Waals surface area contributed by atoms with Gasteiger partial charge in [0.15, 0.2) is 5.54 Å². The molecule has 21 heavy (non-hydrogen) atoms. The molecule has 1 saturated heterocycles. The lowest BCUT2D eigenvalue weighted by Crippen LogP contribution is -2.47. The molecule has 1 aromatic rings. The summed E-state index contributed by atoms with van der Waals surface area (Å²) in [4.78, 5) is 22.3. The number of carboxylic acids is 1. The number of carboxylic acid groups (broad SMARTS) is 1. The minimum absolute atomic E-state index is 0.0339. The van der Waals surface area contributed by atoms with Gasteiger partial charge in [0.05, 0.1) is 11.5 Å². The molecule has 0 bridgehead atoms. The second-order valence-electron chi connectivity index (χ2n) is 5.09. The van der Waals surface area contributed by atoms with E-state index in [1.54, 1.807) is 7.05 Å². The number of nitrogens with zero attached hydrogens (tertiary/aromatic N) is 3. The molecular formula is C12H18N4O5. The first-order chi connectivity index (χ1) is 9.91. The Morgan fingerprint density at radius 2 is 2.38 bits per heavy atom. The summed E-state index contributed by atoms with van der Waals surface area (Å²) in [5.41, 5.74) is -1.15. The zero-order chi connectivity index (χ0) is 15.6. The van der Waals surface area contributed by atoms with Gasteiger partial charge in [0.2, 0.25) is 5.82 Å². The van der Waals surface area contributed by atoms with Crippen molar-refractivity contribution in [3.63, 3.8) is 0 Å². The highest BCUT2D eigenvalue weighted by Crippen LogP contribution is 2.33. The van der Waals surface area contributed by atoms with Gasteiger partial charge < -0.3 is 15.2 Å². The van der Waals surface area contributed by atoms with E-state index in [1.165, 1.54) is 4.68 Å². The molecule has 9 nitrogen and oxygen atoms in total. The predicted molar refractivity (Wildman–Crippen MR) is 73.3 cm³/mol. The molecule has 1 fully saturated rings. The van der Waals surface area contributed by atoms with Crippen molar-refractivity contribution in [2.24, 2.45) is 7.05 Å². The number of rotatable bonds is 6. The first-order valence-electron chi connectivity index (χ1n) is 6.71. The van der Waals surface area contributed by atoms with E-state index in [4.69, 9.17) is 4.74 Å². The Hall–Kier alpha value is -2.16. The molecule has 116 valence electrons. The molecule has 2 rings (SSSR count). The minimum Gasteiger partial charge on any atom is -0.479 e. The molecule has 1 unspecified atom stereocenters. The van der Waals surface area contributed by atoms with Crippen molar-refractivity contribution >= 4 is 17.5 Å². The van der Waals surface area contributed by atoms with Gasteiger partial charge in [0.1, 0.15) is 5.69 Å². The van der Waals surface area contributed by atoms with Crippen LogP contribution in [0.25, 0.3) is 0 Å². The highest BCUT2D eigenvalue weighted by Gasteiger charge is 2.45. The highest BCUT2D eigenvalue weighted by molar-refractivity contribution is 5.84. The Morgan fingerprint density at radius 1 is 1.67 bits per heavy atom. The zero-order valence-corrected chi connectivity index (χ0v) is 12.0. The van der Waals surface area contributed by atoms with Crippen molar-refractivity contribution < 1.29 is 19.6 Å². The average molecular weight is 298 g/mol. The van der Waals surface area contributed by atoms with E-state index in [2.05, 4.69) is 10.4 Å². The Kier molecular flexibility index (Phi) is 4.12. The van der Waals surface area contributed by atoms with Crippen molar-refractivity contribution in [2.75, 3.05) is 18.5 Å². The monoisotopic (exact) mass is 298 g/mol. The quantitative estimate of drug-likeness (QED) is 0.592. The maximum absolute atomic E-state index is 11.5. The molecule has 0 aliphatic carbocycles. The van der Waals surface area contributed by atoms with Gasteiger partial charge in [0.25, 0.3) is 0 Å². The maximum atomic E-state index is 11.5. The lowest BCUT2D eigenvalue weighted by atomic mass is 9.99.